The van der Waals surface area contributed by atoms with Crippen molar-refractivity contribution in [2.24, 2.45) is 10.8 Å². The van der Waals surface area contributed by atoms with Gasteiger partial charge in [-0.25, -0.2) is 4.39 Å². The predicted octanol–water partition coefficient (Wildman–Crippen LogP) is 2.11. The Morgan fingerprint density at radius 3 is 2.34 bits per heavy atom. The van der Waals surface area contributed by atoms with Gasteiger partial charge in [-0.3, -0.25) is 4.68 Å². The molecule has 0 amide bonds. The molecule has 2 aliphatic carbocycles. The van der Waals surface area contributed by atoms with Gasteiger partial charge in [0.25, 0.3) is 0 Å². The minimum Gasteiger partial charge on any atom is -0.507 e. The molecule has 1 aromatic carbocycles. The van der Waals surface area contributed by atoms with Gasteiger partial charge in [-0.1, -0.05) is 13.8 Å². The van der Waals surface area contributed by atoms with Crippen LogP contribution in [-0.2, 0) is 5.24 Å². The smallest absolute Gasteiger partial charge is 0.151 e. The van der Waals surface area contributed by atoms with Crippen molar-refractivity contribution in [3.05, 3.63) is 42.5 Å². The van der Waals surface area contributed by atoms with E-state index in [-0.39, 0.29) is 11.0 Å². The number of anilines is 1. The second kappa shape index (κ2) is 8.14. The van der Waals surface area contributed by atoms with E-state index in [9.17, 15) is 5.11 Å². The largest absolute Gasteiger partial charge is 0.507 e. The molecule has 0 aliphatic heterocycles. The maximum absolute atomic E-state index is 15.1. The van der Waals surface area contributed by atoms with Crippen molar-refractivity contribution < 1.29 is 9.50 Å². The third kappa shape index (κ3) is 4.48. The highest BCUT2D eigenvalue weighted by Gasteiger charge is 2.50. The zero-order chi connectivity index (χ0) is 25.2. The molecule has 3 atom stereocenters. The molecular weight excluding hydrogens is 438 g/mol. The lowest BCUT2D eigenvalue weighted by Crippen LogP contribution is -2.42. The standard InChI is InChI=1S/C25H33B3FN5O/c1-23-6-7-24(2,14-23)11-16(10-23)33(3)22-5-4-20(31-32-22)18-8-19(29)17(9-21(18)35)15-12-30-34(13-15)25(26,27)28/h4-5,8-9,12-13,16,35H,6-7,10-11,14,26-28H2,1-3H3/t16-,23-,24+. The third-order valence-electron chi connectivity index (χ3n) is 8.14. The topological polar surface area (TPSA) is 67.1 Å². The highest BCUT2D eigenvalue weighted by Crippen LogP contribution is 2.58. The van der Waals surface area contributed by atoms with E-state index in [0.29, 0.717) is 39.3 Å². The Hall–Kier alpha value is -2.77. The van der Waals surface area contributed by atoms with Gasteiger partial charge in [-0.15, -0.1) is 10.2 Å². The first kappa shape index (κ1) is 24.0. The number of aromatic nitrogens is 4. The Bertz CT molecular complexity index is 1240. The molecule has 10 heteroatoms. The maximum atomic E-state index is 15.1. The van der Waals surface area contributed by atoms with Gasteiger partial charge in [0.1, 0.15) is 35.1 Å². The summed E-state index contributed by atoms with van der Waals surface area (Å²) in [5, 5.41) is 23.7. The van der Waals surface area contributed by atoms with Crippen LogP contribution in [0.5, 0.6) is 5.75 Å². The first-order chi connectivity index (χ1) is 16.4. The van der Waals surface area contributed by atoms with E-state index < -0.39 is 5.82 Å². The van der Waals surface area contributed by atoms with Crippen LogP contribution in [0.25, 0.3) is 22.4 Å². The van der Waals surface area contributed by atoms with E-state index in [1.807, 2.05) is 35.7 Å². The van der Waals surface area contributed by atoms with Gasteiger partial charge in [-0.05, 0) is 72.4 Å². The van der Waals surface area contributed by atoms with Crippen LogP contribution in [0.1, 0.15) is 46.0 Å². The number of fused-ring (bicyclic) bond motifs is 2. The molecular formula is C25H33B3FN5O. The van der Waals surface area contributed by atoms with Gasteiger partial charge >= 0.3 is 0 Å². The van der Waals surface area contributed by atoms with Crippen LogP contribution < -0.4 is 4.90 Å². The van der Waals surface area contributed by atoms with Gasteiger partial charge in [0.15, 0.2) is 5.82 Å². The molecule has 1 N–H and O–H groups in total. The van der Waals surface area contributed by atoms with Crippen LogP contribution in [0, 0.1) is 16.6 Å². The number of nitrogens with zero attached hydrogens (tertiary/aromatic N) is 5. The van der Waals surface area contributed by atoms with Crippen molar-refractivity contribution in [3.8, 4) is 28.1 Å². The zero-order valence-corrected chi connectivity index (χ0v) is 21.6. The molecule has 5 rings (SSSR count). The summed E-state index contributed by atoms with van der Waals surface area (Å²) in [5.41, 5.74) is 2.51. The summed E-state index contributed by atoms with van der Waals surface area (Å²) in [6.07, 6.45) is 9.66. The monoisotopic (exact) mass is 471 g/mol. The molecule has 35 heavy (non-hydrogen) atoms. The second-order valence-electron chi connectivity index (χ2n) is 12.4. The molecule has 2 aromatic heterocycles. The van der Waals surface area contributed by atoms with Crippen LogP contribution in [-0.4, -0.2) is 61.7 Å². The van der Waals surface area contributed by atoms with Crippen molar-refractivity contribution in [3.63, 3.8) is 0 Å². The number of phenolic OH excluding ortho intramolecular Hbond substituents is 1. The quantitative estimate of drug-likeness (QED) is 0.578. The van der Waals surface area contributed by atoms with Crippen molar-refractivity contribution in [2.45, 2.75) is 57.2 Å². The summed E-state index contributed by atoms with van der Waals surface area (Å²) < 4.78 is 16.9. The number of hydrogen-bond donors (Lipinski definition) is 1. The van der Waals surface area contributed by atoms with Crippen LogP contribution in [0.4, 0.5) is 10.2 Å². The molecule has 2 saturated carbocycles. The molecule has 3 aromatic rings. The first-order valence-electron chi connectivity index (χ1n) is 12.5. The molecule has 2 fully saturated rings. The molecule has 0 saturated heterocycles. The summed E-state index contributed by atoms with van der Waals surface area (Å²) in [6.45, 7) is 4.84. The van der Waals surface area contributed by atoms with Crippen LogP contribution in [0.2, 0.25) is 0 Å². The Balaban J connectivity index is 1.37. The minimum absolute atomic E-state index is 0.0370. The summed E-state index contributed by atoms with van der Waals surface area (Å²) in [5.74, 6) is 0.330. The second-order valence-corrected chi connectivity index (χ2v) is 12.4. The molecule has 2 heterocycles. The van der Waals surface area contributed by atoms with Gasteiger partial charge in [0.2, 0.25) is 0 Å². The Morgan fingerprint density at radius 2 is 1.77 bits per heavy atom. The highest BCUT2D eigenvalue weighted by atomic mass is 19.1. The van der Waals surface area contributed by atoms with E-state index in [4.69, 9.17) is 0 Å². The van der Waals surface area contributed by atoms with E-state index in [2.05, 4.69) is 41.1 Å². The van der Waals surface area contributed by atoms with E-state index >= 15 is 4.39 Å². The number of hydrogen-bond acceptors (Lipinski definition) is 5. The lowest BCUT2D eigenvalue weighted by atomic mass is 9.49. The van der Waals surface area contributed by atoms with Crippen molar-refractivity contribution in [1.29, 1.82) is 0 Å². The molecule has 6 nitrogen and oxygen atoms in total. The van der Waals surface area contributed by atoms with Crippen molar-refractivity contribution in [2.75, 3.05) is 11.9 Å². The fourth-order valence-electron chi connectivity index (χ4n) is 6.30. The number of rotatable bonds is 5. The van der Waals surface area contributed by atoms with Gasteiger partial charge in [0.05, 0.1) is 11.9 Å². The zero-order valence-electron chi connectivity index (χ0n) is 21.6. The lowest BCUT2D eigenvalue weighted by molar-refractivity contribution is 0.148. The predicted molar refractivity (Wildman–Crippen MR) is 145 cm³/mol. The van der Waals surface area contributed by atoms with Crippen LogP contribution >= 0.6 is 0 Å². The minimum atomic E-state index is -0.437. The molecule has 0 radical (unpaired) electrons. The SMILES string of the molecule is BC(B)(B)n1cc(-c2cc(O)c(-c3ccc(N(C)[C@H]4C[C@]5(C)CC[C@](C)(C4)C5)nn3)cc2F)cn1. The first-order valence-corrected chi connectivity index (χ1v) is 12.5. The number of halogens is 1. The summed E-state index contributed by atoms with van der Waals surface area (Å²) in [7, 11) is 8.17. The van der Waals surface area contributed by atoms with E-state index in [0.717, 1.165) is 5.82 Å². The average molecular weight is 471 g/mol. The van der Waals surface area contributed by atoms with Gasteiger partial charge in [-0.2, -0.15) is 5.10 Å². The summed E-state index contributed by atoms with van der Waals surface area (Å²) in [6, 6.07) is 6.93. The maximum Gasteiger partial charge on any atom is 0.151 e. The van der Waals surface area contributed by atoms with Crippen molar-refractivity contribution in [1.82, 2.24) is 20.0 Å². The van der Waals surface area contributed by atoms with Gasteiger partial charge < -0.3 is 10.0 Å². The molecule has 2 aliphatic rings. The van der Waals surface area contributed by atoms with E-state index in [1.54, 1.807) is 17.1 Å². The lowest BCUT2D eigenvalue weighted by Gasteiger charge is -2.44. The molecule has 0 unspecified atom stereocenters. The number of phenols is 1. The Morgan fingerprint density at radius 1 is 1.09 bits per heavy atom. The fourth-order valence-corrected chi connectivity index (χ4v) is 6.30. The fraction of sp³-hybridized carbons (Fsp3) is 0.480. The molecule has 180 valence electrons. The third-order valence-corrected chi connectivity index (χ3v) is 8.14. The normalized spacial score (nSPS) is 26.1. The van der Waals surface area contributed by atoms with E-state index in [1.165, 1.54) is 44.2 Å². The number of aromatic hydroxyl groups is 1. The van der Waals surface area contributed by atoms with Crippen LogP contribution in [0.3, 0.4) is 0 Å². The van der Waals surface area contributed by atoms with Crippen molar-refractivity contribution >= 4 is 29.4 Å². The molecule has 2 bridgehead atoms. The van der Waals surface area contributed by atoms with Crippen LogP contribution in [0.15, 0.2) is 36.7 Å². The number of benzene rings is 1. The molecule has 0 spiro atoms. The average Bonchev–Trinajstić information content (AvgIpc) is 3.37. The Labute approximate surface area is 209 Å². The van der Waals surface area contributed by atoms with Gasteiger partial charge in [0, 0.05) is 36.0 Å². The Kier molecular flexibility index (Phi) is 5.57. The summed E-state index contributed by atoms with van der Waals surface area (Å²) >= 11 is 0. The highest BCUT2D eigenvalue weighted by molar-refractivity contribution is 6.56. The summed E-state index contributed by atoms with van der Waals surface area (Å²) in [4.78, 5) is 2.24.